The summed E-state index contributed by atoms with van der Waals surface area (Å²) in [5.74, 6) is 0.795. The highest BCUT2D eigenvalue weighted by Gasteiger charge is 2.23. The van der Waals surface area contributed by atoms with Crippen LogP contribution in [0.1, 0.15) is 24.6 Å². The molecule has 108 valence electrons. The Balaban J connectivity index is 1.94. The van der Waals surface area contributed by atoms with Crippen LogP contribution in [0.25, 0.3) is 0 Å². The highest BCUT2D eigenvalue weighted by atomic mass is 15.2. The highest BCUT2D eigenvalue weighted by Crippen LogP contribution is 2.22. The molecule has 0 amide bonds. The standard InChI is InChI=1S/C14H27N5/c1-17-6-4-12(5-7-17)10-18(2)13(8-15)14-9-16-11-19(14)3/h9,11-13H,4-8,10,15H2,1-3H3. The molecule has 1 saturated heterocycles. The highest BCUT2D eigenvalue weighted by molar-refractivity contribution is 5.05. The molecule has 5 nitrogen and oxygen atoms in total. The van der Waals surface area contributed by atoms with Crippen molar-refractivity contribution in [3.8, 4) is 0 Å². The van der Waals surface area contributed by atoms with Gasteiger partial charge in [-0.05, 0) is 45.9 Å². The van der Waals surface area contributed by atoms with Gasteiger partial charge in [0.15, 0.2) is 0 Å². The predicted molar refractivity (Wildman–Crippen MR) is 77.9 cm³/mol. The average molecular weight is 265 g/mol. The number of rotatable bonds is 5. The van der Waals surface area contributed by atoms with E-state index in [9.17, 15) is 0 Å². The number of piperidine rings is 1. The molecule has 0 radical (unpaired) electrons. The molecule has 0 bridgehead atoms. The molecule has 0 aromatic carbocycles. The third kappa shape index (κ3) is 3.55. The van der Waals surface area contributed by atoms with E-state index in [2.05, 4.69) is 33.4 Å². The smallest absolute Gasteiger partial charge is 0.0946 e. The van der Waals surface area contributed by atoms with E-state index in [0.717, 1.165) is 12.5 Å². The zero-order chi connectivity index (χ0) is 13.8. The number of hydrogen-bond donors (Lipinski definition) is 1. The second-order valence-electron chi connectivity index (χ2n) is 5.87. The molecule has 0 aliphatic carbocycles. The van der Waals surface area contributed by atoms with E-state index >= 15 is 0 Å². The topological polar surface area (TPSA) is 50.3 Å². The molecule has 1 fully saturated rings. The SMILES string of the molecule is CN1CCC(CN(C)C(CN)c2cncn2C)CC1. The summed E-state index contributed by atoms with van der Waals surface area (Å²) in [6.07, 6.45) is 6.37. The molecular formula is C14H27N5. The Labute approximate surface area is 116 Å². The normalized spacial score (nSPS) is 20.1. The summed E-state index contributed by atoms with van der Waals surface area (Å²) >= 11 is 0. The molecule has 2 heterocycles. The molecule has 0 saturated carbocycles. The van der Waals surface area contributed by atoms with Crippen LogP contribution in [-0.4, -0.2) is 59.6 Å². The molecule has 1 aromatic heterocycles. The van der Waals surface area contributed by atoms with Crippen molar-refractivity contribution in [2.24, 2.45) is 18.7 Å². The van der Waals surface area contributed by atoms with Crippen molar-refractivity contribution in [3.05, 3.63) is 18.2 Å². The molecule has 1 aliphatic rings. The van der Waals surface area contributed by atoms with E-state index in [4.69, 9.17) is 5.73 Å². The summed E-state index contributed by atoms with van der Waals surface area (Å²) in [7, 11) is 6.43. The predicted octanol–water partition coefficient (Wildman–Crippen LogP) is 0.694. The molecule has 1 unspecified atom stereocenters. The van der Waals surface area contributed by atoms with E-state index in [1.54, 1.807) is 0 Å². The summed E-state index contributed by atoms with van der Waals surface area (Å²) in [5.41, 5.74) is 7.18. The minimum absolute atomic E-state index is 0.271. The first kappa shape index (κ1) is 14.5. The van der Waals surface area contributed by atoms with Gasteiger partial charge in [-0.1, -0.05) is 0 Å². The molecular weight excluding hydrogens is 238 g/mol. The Morgan fingerprint density at radius 2 is 2.11 bits per heavy atom. The Morgan fingerprint density at radius 3 is 2.63 bits per heavy atom. The van der Waals surface area contributed by atoms with E-state index in [0.29, 0.717) is 6.54 Å². The first-order valence-electron chi connectivity index (χ1n) is 7.17. The first-order chi connectivity index (χ1) is 9.11. The van der Waals surface area contributed by atoms with Gasteiger partial charge in [0.1, 0.15) is 0 Å². The third-order valence-electron chi connectivity index (χ3n) is 4.33. The van der Waals surface area contributed by atoms with Crippen LogP contribution in [0.15, 0.2) is 12.5 Å². The van der Waals surface area contributed by atoms with Crippen molar-refractivity contribution in [2.45, 2.75) is 18.9 Å². The van der Waals surface area contributed by atoms with Crippen LogP contribution in [-0.2, 0) is 7.05 Å². The van der Waals surface area contributed by atoms with Gasteiger partial charge in [-0.2, -0.15) is 0 Å². The lowest BCUT2D eigenvalue weighted by Gasteiger charge is -2.34. The number of likely N-dealkylation sites (tertiary alicyclic amines) is 1. The Bertz CT molecular complexity index is 381. The maximum Gasteiger partial charge on any atom is 0.0946 e. The van der Waals surface area contributed by atoms with E-state index in [1.165, 1.54) is 31.6 Å². The monoisotopic (exact) mass is 265 g/mol. The number of imidazole rings is 1. The zero-order valence-electron chi connectivity index (χ0n) is 12.4. The number of aromatic nitrogens is 2. The minimum atomic E-state index is 0.271. The number of aryl methyl sites for hydroxylation is 1. The van der Waals surface area contributed by atoms with Gasteiger partial charge in [-0.25, -0.2) is 4.98 Å². The summed E-state index contributed by atoms with van der Waals surface area (Å²) < 4.78 is 2.07. The maximum atomic E-state index is 5.97. The van der Waals surface area contributed by atoms with E-state index in [-0.39, 0.29) is 6.04 Å². The maximum absolute atomic E-state index is 5.97. The fourth-order valence-corrected chi connectivity index (χ4v) is 2.99. The largest absolute Gasteiger partial charge is 0.336 e. The molecule has 2 rings (SSSR count). The molecule has 1 aliphatic heterocycles. The van der Waals surface area contributed by atoms with Crippen LogP contribution in [0.2, 0.25) is 0 Å². The van der Waals surface area contributed by atoms with Crippen LogP contribution in [0.5, 0.6) is 0 Å². The second-order valence-corrected chi connectivity index (χ2v) is 5.87. The fourth-order valence-electron chi connectivity index (χ4n) is 2.99. The molecule has 2 N–H and O–H groups in total. The van der Waals surface area contributed by atoms with Crippen molar-refractivity contribution in [1.29, 1.82) is 0 Å². The van der Waals surface area contributed by atoms with Crippen molar-refractivity contribution < 1.29 is 0 Å². The quantitative estimate of drug-likeness (QED) is 0.851. The number of nitrogens with two attached hydrogens (primary N) is 1. The zero-order valence-corrected chi connectivity index (χ0v) is 12.4. The van der Waals surface area contributed by atoms with Crippen molar-refractivity contribution in [2.75, 3.05) is 40.3 Å². The van der Waals surface area contributed by atoms with Gasteiger partial charge in [0, 0.05) is 26.3 Å². The fraction of sp³-hybridized carbons (Fsp3) is 0.786. The summed E-state index contributed by atoms with van der Waals surface area (Å²) in [4.78, 5) is 9.01. The minimum Gasteiger partial charge on any atom is -0.336 e. The molecule has 1 aromatic rings. The lowest BCUT2D eigenvalue weighted by molar-refractivity contribution is 0.149. The van der Waals surface area contributed by atoms with E-state index < -0.39 is 0 Å². The molecule has 5 heteroatoms. The van der Waals surface area contributed by atoms with Gasteiger partial charge in [0.05, 0.1) is 18.1 Å². The van der Waals surface area contributed by atoms with Gasteiger partial charge in [-0.15, -0.1) is 0 Å². The van der Waals surface area contributed by atoms with Crippen LogP contribution in [0.4, 0.5) is 0 Å². The van der Waals surface area contributed by atoms with Crippen molar-refractivity contribution in [1.82, 2.24) is 19.4 Å². The Hall–Kier alpha value is -0.910. The molecule has 0 spiro atoms. The average Bonchev–Trinajstić information content (AvgIpc) is 2.80. The van der Waals surface area contributed by atoms with Crippen molar-refractivity contribution >= 4 is 0 Å². The van der Waals surface area contributed by atoms with Crippen LogP contribution >= 0.6 is 0 Å². The lowest BCUT2D eigenvalue weighted by Crippen LogP contribution is -2.39. The number of likely N-dealkylation sites (N-methyl/N-ethyl adjacent to an activating group) is 1. The first-order valence-corrected chi connectivity index (χ1v) is 7.17. The second kappa shape index (κ2) is 6.50. The lowest BCUT2D eigenvalue weighted by atomic mass is 9.96. The van der Waals surface area contributed by atoms with Gasteiger partial charge in [-0.3, -0.25) is 4.90 Å². The summed E-state index contributed by atoms with van der Waals surface area (Å²) in [5, 5.41) is 0. The van der Waals surface area contributed by atoms with Gasteiger partial charge in [0.2, 0.25) is 0 Å². The molecule has 19 heavy (non-hydrogen) atoms. The van der Waals surface area contributed by atoms with Crippen LogP contribution in [0.3, 0.4) is 0 Å². The summed E-state index contributed by atoms with van der Waals surface area (Å²) in [6.45, 7) is 4.21. The molecule has 1 atom stereocenters. The van der Waals surface area contributed by atoms with Gasteiger partial charge in [0.25, 0.3) is 0 Å². The van der Waals surface area contributed by atoms with E-state index in [1.807, 2.05) is 19.6 Å². The number of nitrogens with zero attached hydrogens (tertiary/aromatic N) is 4. The van der Waals surface area contributed by atoms with Crippen LogP contribution in [0, 0.1) is 5.92 Å². The van der Waals surface area contributed by atoms with Gasteiger partial charge < -0.3 is 15.2 Å². The Kier molecular flexibility index (Phi) is 4.96. The third-order valence-corrected chi connectivity index (χ3v) is 4.33. The van der Waals surface area contributed by atoms with Crippen LogP contribution < -0.4 is 5.73 Å². The van der Waals surface area contributed by atoms with Crippen molar-refractivity contribution in [3.63, 3.8) is 0 Å². The van der Waals surface area contributed by atoms with Gasteiger partial charge >= 0.3 is 0 Å². The Morgan fingerprint density at radius 1 is 1.42 bits per heavy atom. The number of hydrogen-bond acceptors (Lipinski definition) is 4. The summed E-state index contributed by atoms with van der Waals surface area (Å²) in [6, 6.07) is 0.271.